The molecule has 1 fully saturated rings. The van der Waals surface area contributed by atoms with Crippen LogP contribution < -0.4 is 15.4 Å². The van der Waals surface area contributed by atoms with Crippen molar-refractivity contribution in [2.75, 3.05) is 33.4 Å². The topological polar surface area (TPSA) is 100 Å². The van der Waals surface area contributed by atoms with Crippen molar-refractivity contribution in [3.8, 4) is 5.75 Å². The Morgan fingerprint density at radius 2 is 1.98 bits per heavy atom. The fraction of sp³-hybridized carbons (Fsp3) is 0.533. The van der Waals surface area contributed by atoms with E-state index in [9.17, 15) is 19.1 Å². The summed E-state index contributed by atoms with van der Waals surface area (Å²) in [5, 5.41) is 16.1. The number of alkyl halides is 2. The summed E-state index contributed by atoms with van der Waals surface area (Å²) in [5.41, 5.74) is -0.325. The molecule has 1 saturated heterocycles. The van der Waals surface area contributed by atoms with Gasteiger partial charge in [-0.25, -0.2) is 13.6 Å². The van der Waals surface area contributed by atoms with Crippen LogP contribution in [0.3, 0.4) is 0 Å². The van der Waals surface area contributed by atoms with Gasteiger partial charge >= 0.3 is 6.09 Å². The number of rotatable bonds is 8. The van der Waals surface area contributed by atoms with Crippen LogP contribution in [0.25, 0.3) is 0 Å². The molecule has 2 aromatic rings. The Labute approximate surface area is 234 Å². The van der Waals surface area contributed by atoms with Gasteiger partial charge in [0.1, 0.15) is 36.0 Å². The zero-order valence-electron chi connectivity index (χ0n) is 23.5. The predicted octanol–water partition coefficient (Wildman–Crippen LogP) is 4.62. The van der Waals surface area contributed by atoms with Crippen LogP contribution in [-0.2, 0) is 4.74 Å². The molecule has 10 heteroatoms. The zero-order valence-corrected chi connectivity index (χ0v) is 23.5. The highest BCUT2D eigenvalue weighted by Gasteiger charge is 2.40. The fourth-order valence-corrected chi connectivity index (χ4v) is 5.40. The number of hydrogen-bond donors (Lipinski definition) is 3. The number of benzene rings is 2. The number of aliphatic hydroxyl groups excluding tert-OH is 1. The lowest BCUT2D eigenvalue weighted by Crippen LogP contribution is -2.50. The van der Waals surface area contributed by atoms with E-state index in [4.69, 9.17) is 9.47 Å². The number of aliphatic hydroxyl groups is 1. The Kier molecular flexibility index (Phi) is 8.99. The minimum absolute atomic E-state index is 0.0225. The molecule has 0 bridgehead atoms. The van der Waals surface area contributed by atoms with Crippen LogP contribution in [0, 0.1) is 0 Å². The van der Waals surface area contributed by atoms with Crippen molar-refractivity contribution in [1.82, 2.24) is 15.5 Å². The Hall–Kier alpha value is -3.24. The first-order valence-corrected chi connectivity index (χ1v) is 13.7. The number of amides is 2. The molecular weight excluding hydrogens is 520 g/mol. The van der Waals surface area contributed by atoms with E-state index in [-0.39, 0.29) is 31.5 Å². The van der Waals surface area contributed by atoms with Crippen LogP contribution in [0.2, 0.25) is 0 Å². The summed E-state index contributed by atoms with van der Waals surface area (Å²) in [6, 6.07) is 12.5. The Morgan fingerprint density at radius 3 is 2.62 bits per heavy atom. The van der Waals surface area contributed by atoms with E-state index in [0.717, 1.165) is 5.56 Å². The summed E-state index contributed by atoms with van der Waals surface area (Å²) < 4.78 is 41.1. The number of carbonyl (C=O) groups excluding carboxylic acids is 2. The molecule has 2 aliphatic rings. The lowest BCUT2D eigenvalue weighted by molar-refractivity contribution is -0.00740. The highest BCUT2D eigenvalue weighted by Crippen LogP contribution is 2.46. The molecule has 4 atom stereocenters. The number of nitrogens with zero attached hydrogens (tertiary/aromatic N) is 1. The van der Waals surface area contributed by atoms with Crippen molar-refractivity contribution in [3.63, 3.8) is 0 Å². The summed E-state index contributed by atoms with van der Waals surface area (Å²) in [7, 11) is 1.56. The fourth-order valence-electron chi connectivity index (χ4n) is 5.40. The second-order valence-electron chi connectivity index (χ2n) is 11.5. The van der Waals surface area contributed by atoms with Crippen LogP contribution >= 0.6 is 0 Å². The molecule has 8 nitrogen and oxygen atoms in total. The minimum atomic E-state index is -1.66. The maximum atomic E-state index is 15.7. The maximum absolute atomic E-state index is 15.7. The monoisotopic (exact) mass is 559 g/mol. The van der Waals surface area contributed by atoms with Gasteiger partial charge in [-0.1, -0.05) is 30.3 Å². The Morgan fingerprint density at radius 1 is 1.25 bits per heavy atom. The van der Waals surface area contributed by atoms with E-state index >= 15 is 4.39 Å². The van der Waals surface area contributed by atoms with Crippen molar-refractivity contribution in [3.05, 3.63) is 64.7 Å². The Balaban J connectivity index is 1.50. The number of ether oxygens (including phenoxy) is 2. The normalized spacial score (nSPS) is 23.2. The van der Waals surface area contributed by atoms with Crippen molar-refractivity contribution < 1.29 is 33.0 Å². The van der Waals surface area contributed by atoms with Gasteiger partial charge < -0.3 is 24.8 Å². The van der Waals surface area contributed by atoms with Crippen molar-refractivity contribution >= 4 is 12.0 Å². The van der Waals surface area contributed by atoms with Gasteiger partial charge in [-0.3, -0.25) is 10.1 Å². The van der Waals surface area contributed by atoms with E-state index in [1.54, 1.807) is 33.9 Å². The molecule has 0 aromatic heterocycles. The molecule has 2 aromatic carbocycles. The standard InChI is InChI=1S/C30H39F2N3O5/c1-29(2,3)40-28(38)35-14-8-11-30(32,18-35)12-13-34-26(36)20-15-21-24(19-9-6-5-7-10-19)23(17-31)39-25(21)22(16-20)27(37)33-4/h5-7,9-10,15-16,23-24,27,33,37H,8,11-14,17-18H2,1-4H3,(H,34,36)/t23-,24+,27?,30-/m1/s1. The summed E-state index contributed by atoms with van der Waals surface area (Å²) in [6.45, 7) is 4.91. The molecule has 40 heavy (non-hydrogen) atoms. The second kappa shape index (κ2) is 12.1. The van der Waals surface area contributed by atoms with Crippen molar-refractivity contribution in [2.45, 2.75) is 69.6 Å². The highest BCUT2D eigenvalue weighted by atomic mass is 19.1. The van der Waals surface area contributed by atoms with Crippen LogP contribution in [0.4, 0.5) is 13.6 Å². The van der Waals surface area contributed by atoms with Gasteiger partial charge in [0.05, 0.1) is 12.5 Å². The summed E-state index contributed by atoms with van der Waals surface area (Å²) >= 11 is 0. The lowest BCUT2D eigenvalue weighted by Gasteiger charge is -2.38. The molecule has 2 amide bonds. The van der Waals surface area contributed by atoms with Crippen molar-refractivity contribution in [1.29, 1.82) is 0 Å². The van der Waals surface area contributed by atoms with Gasteiger partial charge in [-0.2, -0.15) is 0 Å². The SMILES string of the molecule is CNC(O)c1cc(C(=O)NCC[C@]2(F)CCCN(C(=O)OC(C)(C)C)C2)cc2c1O[C@H](CF)[C@H]2c1ccccc1. The average molecular weight is 560 g/mol. The van der Waals surface area contributed by atoms with Gasteiger partial charge in [0, 0.05) is 36.2 Å². The van der Waals surface area contributed by atoms with Gasteiger partial charge in [0.2, 0.25) is 0 Å². The van der Waals surface area contributed by atoms with Gasteiger partial charge in [-0.15, -0.1) is 0 Å². The van der Waals surface area contributed by atoms with Crippen LogP contribution in [0.1, 0.15) is 79.2 Å². The van der Waals surface area contributed by atoms with E-state index in [2.05, 4.69) is 10.6 Å². The zero-order chi connectivity index (χ0) is 29.1. The molecule has 0 aliphatic carbocycles. The first-order chi connectivity index (χ1) is 18.9. The number of piperidine rings is 1. The number of carbonyl (C=O) groups is 2. The third-order valence-electron chi connectivity index (χ3n) is 7.30. The molecule has 218 valence electrons. The third kappa shape index (κ3) is 6.72. The van der Waals surface area contributed by atoms with E-state index in [1.165, 1.54) is 11.0 Å². The summed E-state index contributed by atoms with van der Waals surface area (Å²) in [4.78, 5) is 27.1. The quantitative estimate of drug-likeness (QED) is 0.409. The number of fused-ring (bicyclic) bond motifs is 1. The first kappa shape index (κ1) is 29.7. The maximum Gasteiger partial charge on any atom is 0.410 e. The van der Waals surface area contributed by atoms with Gasteiger partial charge in [-0.05, 0) is 58.4 Å². The van der Waals surface area contributed by atoms with Gasteiger partial charge in [0.25, 0.3) is 5.91 Å². The second-order valence-corrected chi connectivity index (χ2v) is 11.5. The highest BCUT2D eigenvalue weighted by molar-refractivity contribution is 5.95. The third-order valence-corrected chi connectivity index (χ3v) is 7.30. The number of likely N-dealkylation sites (tertiary alicyclic amines) is 1. The largest absolute Gasteiger partial charge is 0.486 e. The molecule has 1 unspecified atom stereocenters. The average Bonchev–Trinajstić information content (AvgIpc) is 3.30. The molecule has 3 N–H and O–H groups in total. The van der Waals surface area contributed by atoms with E-state index < -0.39 is 48.2 Å². The molecule has 4 rings (SSSR count). The van der Waals surface area contributed by atoms with E-state index in [1.807, 2.05) is 30.3 Å². The number of nitrogens with one attached hydrogen (secondary N) is 2. The number of halogens is 2. The van der Waals surface area contributed by atoms with Crippen molar-refractivity contribution in [2.24, 2.45) is 0 Å². The molecule has 0 spiro atoms. The summed E-state index contributed by atoms with van der Waals surface area (Å²) in [6.07, 6.45) is -1.70. The molecule has 2 heterocycles. The van der Waals surface area contributed by atoms with Crippen LogP contribution in [0.15, 0.2) is 42.5 Å². The number of hydrogen-bond acceptors (Lipinski definition) is 6. The van der Waals surface area contributed by atoms with E-state index in [0.29, 0.717) is 29.8 Å². The Bertz CT molecular complexity index is 1210. The molecule has 2 aliphatic heterocycles. The molecule has 0 radical (unpaired) electrons. The van der Waals surface area contributed by atoms with Gasteiger partial charge in [0.15, 0.2) is 0 Å². The molecular formula is C30H39F2N3O5. The lowest BCUT2D eigenvalue weighted by atomic mass is 9.86. The smallest absolute Gasteiger partial charge is 0.410 e. The summed E-state index contributed by atoms with van der Waals surface area (Å²) in [5.74, 6) is -0.569. The minimum Gasteiger partial charge on any atom is -0.486 e. The first-order valence-electron chi connectivity index (χ1n) is 13.7. The van der Waals surface area contributed by atoms with Crippen LogP contribution in [0.5, 0.6) is 5.75 Å². The van der Waals surface area contributed by atoms with Crippen LogP contribution in [-0.4, -0.2) is 72.7 Å². The molecule has 0 saturated carbocycles. The predicted molar refractivity (Wildman–Crippen MR) is 147 cm³/mol.